The summed E-state index contributed by atoms with van der Waals surface area (Å²) in [5.74, 6) is -2.16. The summed E-state index contributed by atoms with van der Waals surface area (Å²) in [5, 5.41) is 37.1. The molecular weight excluding hydrogens is 298 g/mol. The second-order valence-electron chi connectivity index (χ2n) is 2.44. The predicted octanol–water partition coefficient (Wildman–Crippen LogP) is -2.22. The number of hydrogen-bond donors (Lipinski definition) is 6. The quantitative estimate of drug-likeness (QED) is 0.239. The Morgan fingerprint density at radius 2 is 1.18 bits per heavy atom. The Morgan fingerprint density at radius 1 is 0.941 bits per heavy atom. The average molecular weight is 312 g/mol. The number of aliphatic carboxylic acids is 2. The van der Waals surface area contributed by atoms with E-state index < -0.39 is 37.2 Å². The number of rotatable bonds is 6. The molecule has 0 aliphatic rings. The zero-order valence-corrected chi connectivity index (χ0v) is 13.1. The van der Waals surface area contributed by atoms with Crippen LogP contribution in [0.2, 0.25) is 0 Å². The SMILES string of the molecule is O=C(O)C(CO)N[PH-].O=C(O)C(CO)N[PH-].[Ca+2]. The Morgan fingerprint density at radius 3 is 1.18 bits per heavy atom. The zero-order valence-electron chi connectivity index (χ0n) is 8.88. The molecule has 0 aliphatic carbocycles. The van der Waals surface area contributed by atoms with E-state index in [0.717, 1.165) is 0 Å². The maximum absolute atomic E-state index is 9.91. The molecule has 8 nitrogen and oxygen atoms in total. The van der Waals surface area contributed by atoms with Crippen LogP contribution in [-0.4, -0.2) is 95.4 Å². The van der Waals surface area contributed by atoms with Crippen LogP contribution in [0.5, 0.6) is 0 Å². The molecule has 0 aromatic rings. The summed E-state index contributed by atoms with van der Waals surface area (Å²) in [6.07, 6.45) is 0. The fourth-order valence-corrected chi connectivity index (χ4v) is 0.800. The summed E-state index contributed by atoms with van der Waals surface area (Å²) in [6.45, 7) is -0.836. The number of aliphatic hydroxyl groups excluding tert-OH is 2. The summed E-state index contributed by atoms with van der Waals surface area (Å²) in [6, 6.07) is -1.82. The van der Waals surface area contributed by atoms with Gasteiger partial charge in [0.25, 0.3) is 0 Å². The van der Waals surface area contributed by atoms with Gasteiger partial charge in [0.2, 0.25) is 0 Å². The molecule has 0 radical (unpaired) electrons. The van der Waals surface area contributed by atoms with Crippen molar-refractivity contribution in [3.8, 4) is 0 Å². The van der Waals surface area contributed by atoms with E-state index in [4.69, 9.17) is 20.4 Å². The number of carbonyl (C=O) groups is 2. The third kappa shape index (κ3) is 13.1. The first-order valence-corrected chi connectivity index (χ1v) is 4.96. The minimum absolute atomic E-state index is 0. The Hall–Kier alpha value is 0.900. The molecule has 0 aromatic heterocycles. The van der Waals surface area contributed by atoms with Gasteiger partial charge < -0.3 is 49.4 Å². The summed E-state index contributed by atoms with van der Waals surface area (Å²) in [7, 11) is 5.46. The first kappa shape index (κ1) is 23.0. The molecule has 0 aromatic carbocycles. The molecule has 0 fully saturated rings. The monoisotopic (exact) mass is 312 g/mol. The van der Waals surface area contributed by atoms with Crippen molar-refractivity contribution in [3.63, 3.8) is 0 Å². The van der Waals surface area contributed by atoms with E-state index in [-0.39, 0.29) is 37.7 Å². The topological polar surface area (TPSA) is 139 Å². The van der Waals surface area contributed by atoms with Crippen LogP contribution in [0.15, 0.2) is 0 Å². The fraction of sp³-hybridized carbons (Fsp3) is 0.667. The summed E-state index contributed by atoms with van der Waals surface area (Å²) in [5.41, 5.74) is 0. The van der Waals surface area contributed by atoms with Crippen LogP contribution in [0, 0.1) is 0 Å². The van der Waals surface area contributed by atoms with E-state index in [1.165, 1.54) is 0 Å². The van der Waals surface area contributed by atoms with E-state index in [0.29, 0.717) is 0 Å². The third-order valence-electron chi connectivity index (χ3n) is 1.31. The first-order chi connectivity index (χ1) is 7.44. The number of aliphatic hydroxyl groups is 2. The van der Waals surface area contributed by atoms with Gasteiger partial charge in [0.15, 0.2) is 0 Å². The number of nitrogens with one attached hydrogen (secondary N) is 2. The molecule has 11 heteroatoms. The van der Waals surface area contributed by atoms with Gasteiger partial charge in [-0.2, -0.15) is 0 Å². The van der Waals surface area contributed by atoms with Gasteiger partial charge in [-0.1, -0.05) is 0 Å². The zero-order chi connectivity index (χ0) is 13.1. The van der Waals surface area contributed by atoms with Crippen molar-refractivity contribution in [1.82, 2.24) is 10.2 Å². The van der Waals surface area contributed by atoms with Crippen LogP contribution in [0.1, 0.15) is 0 Å². The van der Waals surface area contributed by atoms with Gasteiger partial charge in [-0.25, -0.2) is 0 Å². The molecule has 96 valence electrons. The number of carboxylic acid groups (broad SMARTS) is 2. The standard InChI is InChI=1S/2C3H7NO3P.Ca/c2*5-1-2(4-8)3(6)7;/h2*2,4-5,8H,1H2,(H,6,7);/q2*-1;+2. The van der Waals surface area contributed by atoms with Gasteiger partial charge >= 0.3 is 49.7 Å². The van der Waals surface area contributed by atoms with E-state index in [1.807, 2.05) is 0 Å². The second kappa shape index (κ2) is 15.0. The normalized spacial score (nSPS) is 12.5. The van der Waals surface area contributed by atoms with Crippen LogP contribution >= 0.6 is 18.8 Å². The smallest absolute Gasteiger partial charge is 0.480 e. The van der Waals surface area contributed by atoms with Crippen molar-refractivity contribution in [2.45, 2.75) is 12.1 Å². The first-order valence-electron chi connectivity index (χ1n) is 3.96. The Labute approximate surface area is 133 Å². The molecular formula is C6H14CaN2O6P2. The van der Waals surface area contributed by atoms with Crippen molar-refractivity contribution < 1.29 is 30.0 Å². The molecule has 0 amide bonds. The van der Waals surface area contributed by atoms with Crippen LogP contribution in [0.4, 0.5) is 0 Å². The predicted molar refractivity (Wildman–Crippen MR) is 65.7 cm³/mol. The van der Waals surface area contributed by atoms with Crippen LogP contribution in [0.3, 0.4) is 0 Å². The molecule has 0 aliphatic heterocycles. The third-order valence-corrected chi connectivity index (χ3v) is 2.01. The van der Waals surface area contributed by atoms with E-state index >= 15 is 0 Å². The molecule has 0 bridgehead atoms. The molecule has 0 rings (SSSR count). The van der Waals surface area contributed by atoms with E-state index in [1.54, 1.807) is 0 Å². The van der Waals surface area contributed by atoms with Crippen molar-refractivity contribution in [3.05, 3.63) is 0 Å². The van der Waals surface area contributed by atoms with Gasteiger partial charge in [0.05, 0.1) is 13.2 Å². The summed E-state index contributed by atoms with van der Waals surface area (Å²) < 4.78 is 0. The molecule has 0 heterocycles. The molecule has 0 spiro atoms. The average Bonchev–Trinajstić information content (AvgIpc) is 2.21. The number of hydrogen-bond acceptors (Lipinski definition) is 6. The van der Waals surface area contributed by atoms with Gasteiger partial charge in [0.1, 0.15) is 12.1 Å². The Kier molecular flexibility index (Phi) is 20.3. The van der Waals surface area contributed by atoms with Gasteiger partial charge in [0, 0.05) is 0 Å². The van der Waals surface area contributed by atoms with Crippen molar-refractivity contribution in [1.29, 1.82) is 0 Å². The summed E-state index contributed by atoms with van der Waals surface area (Å²) >= 11 is 0. The van der Waals surface area contributed by atoms with Crippen molar-refractivity contribution >= 4 is 68.5 Å². The van der Waals surface area contributed by atoms with Gasteiger partial charge in [-0.3, -0.25) is 9.59 Å². The van der Waals surface area contributed by atoms with Crippen LogP contribution in [0.25, 0.3) is 0 Å². The molecule has 0 saturated carbocycles. The molecule has 2 unspecified atom stereocenters. The van der Waals surface area contributed by atoms with E-state index in [9.17, 15) is 9.59 Å². The minimum Gasteiger partial charge on any atom is -0.480 e. The maximum atomic E-state index is 9.91. The Balaban J connectivity index is -0.000000218. The molecule has 0 saturated heterocycles. The molecule has 17 heavy (non-hydrogen) atoms. The van der Waals surface area contributed by atoms with Gasteiger partial charge in [-0.15, -0.1) is 0 Å². The van der Waals surface area contributed by atoms with Gasteiger partial charge in [-0.05, 0) is 0 Å². The van der Waals surface area contributed by atoms with Crippen molar-refractivity contribution in [2.24, 2.45) is 0 Å². The molecule has 2 atom stereocenters. The Bertz CT molecular complexity index is 193. The minimum atomic E-state index is -1.08. The fourth-order valence-electron chi connectivity index (χ4n) is 0.371. The van der Waals surface area contributed by atoms with Crippen LogP contribution < -0.4 is 10.2 Å². The second-order valence-corrected chi connectivity index (χ2v) is 3.01. The summed E-state index contributed by atoms with van der Waals surface area (Å²) in [4.78, 5) is 19.8. The largest absolute Gasteiger partial charge is 2.00 e. The maximum Gasteiger partial charge on any atom is 2.00 e. The number of carboxylic acids is 2. The van der Waals surface area contributed by atoms with Crippen LogP contribution in [-0.2, 0) is 9.59 Å². The van der Waals surface area contributed by atoms with E-state index in [2.05, 4.69) is 29.0 Å². The molecule has 6 N–H and O–H groups in total. The van der Waals surface area contributed by atoms with Crippen molar-refractivity contribution in [2.75, 3.05) is 13.2 Å².